The van der Waals surface area contributed by atoms with Crippen molar-refractivity contribution < 1.29 is 23.8 Å². The number of aryl methyl sites for hydroxylation is 1. The summed E-state index contributed by atoms with van der Waals surface area (Å²) in [4.78, 5) is 34.0. The smallest absolute Gasteiger partial charge is 0.415 e. The van der Waals surface area contributed by atoms with Crippen LogP contribution in [0.3, 0.4) is 0 Å². The van der Waals surface area contributed by atoms with E-state index in [4.69, 9.17) is 14.2 Å². The van der Waals surface area contributed by atoms with E-state index in [1.165, 1.54) is 24.8 Å². The largest absolute Gasteiger partial charge is 0.490 e. The highest BCUT2D eigenvalue weighted by Gasteiger charge is 2.25. The Morgan fingerprint density at radius 2 is 1.46 bits per heavy atom. The molecule has 0 atom stereocenters. The summed E-state index contributed by atoms with van der Waals surface area (Å²) in [6.45, 7) is 6.26. The maximum atomic E-state index is 12.8. The number of nitrogens with one attached hydrogen (secondary N) is 1. The predicted octanol–water partition coefficient (Wildman–Crippen LogP) is 7.46. The topological polar surface area (TPSA) is 93.2 Å². The first kappa shape index (κ1) is 31.1. The molecule has 3 aromatic carbocycles. The van der Waals surface area contributed by atoms with Crippen molar-refractivity contribution in [1.29, 1.82) is 0 Å². The average Bonchev–Trinajstić information content (AvgIpc) is 3.08. The van der Waals surface area contributed by atoms with Gasteiger partial charge in [0, 0.05) is 56.0 Å². The molecule has 9 heteroatoms. The van der Waals surface area contributed by atoms with Gasteiger partial charge in [0.1, 0.15) is 23.4 Å². The second-order valence-electron chi connectivity index (χ2n) is 11.9. The second-order valence-corrected chi connectivity index (χ2v) is 11.9. The Hall–Kier alpha value is -4.89. The third-order valence-electron chi connectivity index (χ3n) is 8.32. The SMILES string of the molecule is Cc1ccc(Oc2ccc(OC3CCN(C(=O)Oc4ccc(NC(=O)c5ccc(CN6CCCCC6)cc5)cc4)CC3)cc2)nc1. The summed E-state index contributed by atoms with van der Waals surface area (Å²) in [5.41, 5.74) is 3.53. The van der Waals surface area contributed by atoms with E-state index in [1.807, 2.05) is 67.6 Å². The van der Waals surface area contributed by atoms with Crippen LogP contribution in [-0.2, 0) is 6.54 Å². The summed E-state index contributed by atoms with van der Waals surface area (Å²) >= 11 is 0. The highest BCUT2D eigenvalue weighted by atomic mass is 16.6. The van der Waals surface area contributed by atoms with Crippen LogP contribution in [0.25, 0.3) is 0 Å². The molecule has 0 saturated carbocycles. The first-order valence-corrected chi connectivity index (χ1v) is 16.0. The highest BCUT2D eigenvalue weighted by molar-refractivity contribution is 6.04. The van der Waals surface area contributed by atoms with Gasteiger partial charge in [-0.15, -0.1) is 0 Å². The van der Waals surface area contributed by atoms with Crippen molar-refractivity contribution in [3.05, 3.63) is 108 Å². The number of anilines is 1. The number of carbonyl (C=O) groups excluding carboxylic acids is 2. The van der Waals surface area contributed by atoms with Gasteiger partial charge in [-0.25, -0.2) is 9.78 Å². The monoisotopic (exact) mass is 620 g/mol. The van der Waals surface area contributed by atoms with Gasteiger partial charge in [-0.05, 0) is 105 Å². The molecule has 9 nitrogen and oxygen atoms in total. The van der Waals surface area contributed by atoms with Crippen molar-refractivity contribution in [1.82, 2.24) is 14.8 Å². The number of amides is 2. The third kappa shape index (κ3) is 8.63. The van der Waals surface area contributed by atoms with Crippen LogP contribution in [0.15, 0.2) is 91.1 Å². The van der Waals surface area contributed by atoms with Crippen molar-refractivity contribution in [3.8, 4) is 23.1 Å². The molecule has 2 fully saturated rings. The van der Waals surface area contributed by atoms with E-state index in [0.29, 0.717) is 54.6 Å². The Bertz CT molecular complexity index is 1580. The van der Waals surface area contributed by atoms with Gasteiger partial charge in [-0.1, -0.05) is 24.6 Å². The molecule has 0 spiro atoms. The Morgan fingerprint density at radius 1 is 0.783 bits per heavy atom. The Labute approximate surface area is 270 Å². The van der Waals surface area contributed by atoms with Gasteiger partial charge in [0.25, 0.3) is 5.91 Å². The molecular weight excluding hydrogens is 580 g/mol. The van der Waals surface area contributed by atoms with E-state index in [0.717, 1.165) is 30.9 Å². The summed E-state index contributed by atoms with van der Waals surface area (Å²) in [5.74, 6) is 2.22. The summed E-state index contributed by atoms with van der Waals surface area (Å²) in [6, 6.07) is 25.9. The van der Waals surface area contributed by atoms with Gasteiger partial charge in [-0.2, -0.15) is 0 Å². The lowest BCUT2D eigenvalue weighted by molar-refractivity contribution is 0.0929. The van der Waals surface area contributed by atoms with E-state index >= 15 is 0 Å². The number of hydrogen-bond acceptors (Lipinski definition) is 7. The van der Waals surface area contributed by atoms with Gasteiger partial charge >= 0.3 is 6.09 Å². The molecule has 2 aliphatic rings. The number of nitrogens with zero attached hydrogens (tertiary/aromatic N) is 3. The fourth-order valence-electron chi connectivity index (χ4n) is 5.68. The van der Waals surface area contributed by atoms with Crippen molar-refractivity contribution in [2.24, 2.45) is 0 Å². The van der Waals surface area contributed by atoms with Gasteiger partial charge in [0.05, 0.1) is 0 Å². The van der Waals surface area contributed by atoms with Crippen LogP contribution >= 0.6 is 0 Å². The summed E-state index contributed by atoms with van der Waals surface area (Å²) < 4.78 is 17.5. The molecule has 0 aliphatic carbocycles. The van der Waals surface area contributed by atoms with E-state index in [2.05, 4.69) is 15.2 Å². The number of piperidine rings is 2. The van der Waals surface area contributed by atoms with E-state index < -0.39 is 6.09 Å². The molecular formula is C37H40N4O5. The van der Waals surface area contributed by atoms with E-state index in [1.54, 1.807) is 35.4 Å². The minimum absolute atomic E-state index is 0.00310. The standard InChI is InChI=1S/C37H40N4O5/c1-27-5-18-35(38-25-27)45-32-16-14-31(15-17-32)44-34-19-23-41(24-20-34)37(43)46-33-12-10-30(11-13-33)39-36(42)29-8-6-28(7-9-29)26-40-21-3-2-4-22-40/h5-18,25,34H,2-4,19-24,26H2,1H3,(H,39,42). The molecule has 1 N–H and O–H groups in total. The Balaban J connectivity index is 0.917. The zero-order valence-electron chi connectivity index (χ0n) is 26.2. The normalized spacial score (nSPS) is 15.6. The first-order chi connectivity index (χ1) is 22.5. The maximum Gasteiger partial charge on any atom is 0.415 e. The first-order valence-electron chi connectivity index (χ1n) is 16.0. The molecule has 6 rings (SSSR count). The van der Waals surface area contributed by atoms with Gasteiger partial charge in [-0.3, -0.25) is 9.69 Å². The number of aromatic nitrogens is 1. The van der Waals surface area contributed by atoms with Gasteiger partial charge in [0.2, 0.25) is 5.88 Å². The lowest BCUT2D eigenvalue weighted by Crippen LogP contribution is -2.43. The van der Waals surface area contributed by atoms with Crippen LogP contribution in [0.1, 0.15) is 53.6 Å². The molecule has 0 unspecified atom stereocenters. The fourth-order valence-corrected chi connectivity index (χ4v) is 5.68. The molecule has 238 valence electrons. The van der Waals surface area contributed by atoms with E-state index in [9.17, 15) is 9.59 Å². The van der Waals surface area contributed by atoms with E-state index in [-0.39, 0.29) is 12.0 Å². The van der Waals surface area contributed by atoms with Crippen molar-refractivity contribution in [2.75, 3.05) is 31.5 Å². The van der Waals surface area contributed by atoms with Crippen LogP contribution in [-0.4, -0.2) is 59.1 Å². The number of rotatable bonds is 9. The van der Waals surface area contributed by atoms with Crippen LogP contribution in [0.2, 0.25) is 0 Å². The lowest BCUT2D eigenvalue weighted by Gasteiger charge is -2.31. The molecule has 2 amide bonds. The Morgan fingerprint density at radius 3 is 2.13 bits per heavy atom. The summed E-state index contributed by atoms with van der Waals surface area (Å²) in [6.07, 6.45) is 6.61. The highest BCUT2D eigenvalue weighted by Crippen LogP contribution is 2.26. The van der Waals surface area contributed by atoms with Crippen LogP contribution < -0.4 is 19.5 Å². The number of hydrogen-bond donors (Lipinski definition) is 1. The molecule has 46 heavy (non-hydrogen) atoms. The summed E-state index contributed by atoms with van der Waals surface area (Å²) in [7, 11) is 0. The van der Waals surface area contributed by atoms with Gasteiger partial charge in [0.15, 0.2) is 0 Å². The van der Waals surface area contributed by atoms with Crippen LogP contribution in [0.5, 0.6) is 23.1 Å². The number of pyridine rings is 1. The number of ether oxygens (including phenoxy) is 3. The van der Waals surface area contributed by atoms with Crippen molar-refractivity contribution in [2.45, 2.75) is 51.7 Å². The zero-order valence-corrected chi connectivity index (χ0v) is 26.2. The quantitative estimate of drug-likeness (QED) is 0.208. The molecule has 2 saturated heterocycles. The summed E-state index contributed by atoms with van der Waals surface area (Å²) in [5, 5.41) is 2.92. The lowest BCUT2D eigenvalue weighted by atomic mass is 10.1. The minimum atomic E-state index is -0.397. The minimum Gasteiger partial charge on any atom is -0.490 e. The van der Waals surface area contributed by atoms with Crippen molar-refractivity contribution >= 4 is 17.7 Å². The second kappa shape index (κ2) is 14.9. The average molecular weight is 621 g/mol. The molecule has 0 radical (unpaired) electrons. The molecule has 3 heterocycles. The van der Waals surface area contributed by atoms with Gasteiger partial charge < -0.3 is 24.4 Å². The third-order valence-corrected chi connectivity index (χ3v) is 8.32. The fraction of sp³-hybridized carbons (Fsp3) is 0.324. The maximum absolute atomic E-state index is 12.8. The zero-order chi connectivity index (χ0) is 31.7. The predicted molar refractivity (Wildman–Crippen MR) is 177 cm³/mol. The molecule has 1 aromatic heterocycles. The number of benzene rings is 3. The molecule has 4 aromatic rings. The number of likely N-dealkylation sites (tertiary alicyclic amines) is 2. The Kier molecular flexibility index (Phi) is 10.1. The molecule has 2 aliphatic heterocycles. The van der Waals surface area contributed by atoms with Crippen LogP contribution in [0, 0.1) is 6.92 Å². The molecule has 0 bridgehead atoms. The number of carbonyl (C=O) groups is 2. The van der Waals surface area contributed by atoms with Crippen molar-refractivity contribution in [3.63, 3.8) is 0 Å². The van der Waals surface area contributed by atoms with Crippen LogP contribution in [0.4, 0.5) is 10.5 Å².